The Morgan fingerprint density at radius 2 is 1.57 bits per heavy atom. The van der Waals surface area contributed by atoms with Gasteiger partial charge in [-0.2, -0.15) is 0 Å². The molecule has 0 heterocycles. The molecule has 3 aromatic carbocycles. The molecule has 1 atom stereocenters. The lowest BCUT2D eigenvalue weighted by molar-refractivity contribution is -0.122. The van der Waals surface area contributed by atoms with E-state index in [-0.39, 0.29) is 16.2 Å². The van der Waals surface area contributed by atoms with Crippen molar-refractivity contribution in [3.63, 3.8) is 0 Å². The summed E-state index contributed by atoms with van der Waals surface area (Å²) < 4.78 is 39.2. The SMILES string of the molecule is COc1ccc(C)cc1NS(=O)(=O)c1ccc(NC(=O)C(C)Oc2ccc(C(C)(C)C)cc2)cc1. The van der Waals surface area contributed by atoms with E-state index in [1.54, 1.807) is 19.1 Å². The van der Waals surface area contributed by atoms with Crippen LogP contribution in [-0.4, -0.2) is 27.5 Å². The summed E-state index contributed by atoms with van der Waals surface area (Å²) >= 11 is 0. The summed E-state index contributed by atoms with van der Waals surface area (Å²) in [6.07, 6.45) is -0.741. The third kappa shape index (κ3) is 6.76. The van der Waals surface area contributed by atoms with Crippen LogP contribution in [-0.2, 0) is 20.2 Å². The number of ether oxygens (including phenoxy) is 2. The van der Waals surface area contributed by atoms with Crippen LogP contribution in [0.3, 0.4) is 0 Å². The van der Waals surface area contributed by atoms with Crippen molar-refractivity contribution in [1.82, 2.24) is 0 Å². The molecular formula is C27H32N2O5S. The number of benzene rings is 3. The summed E-state index contributed by atoms with van der Waals surface area (Å²) in [5.41, 5.74) is 2.91. The Balaban J connectivity index is 1.64. The number of amides is 1. The minimum absolute atomic E-state index is 0.0305. The van der Waals surface area contributed by atoms with E-state index in [2.05, 4.69) is 30.8 Å². The summed E-state index contributed by atoms with van der Waals surface area (Å²) in [5.74, 6) is 0.674. The average Bonchev–Trinajstić information content (AvgIpc) is 2.79. The zero-order valence-electron chi connectivity index (χ0n) is 20.9. The van der Waals surface area contributed by atoms with Gasteiger partial charge >= 0.3 is 0 Å². The molecule has 1 amide bonds. The van der Waals surface area contributed by atoms with E-state index in [0.29, 0.717) is 22.9 Å². The van der Waals surface area contributed by atoms with Crippen LogP contribution in [0.1, 0.15) is 38.8 Å². The molecule has 0 radical (unpaired) electrons. The molecule has 35 heavy (non-hydrogen) atoms. The minimum Gasteiger partial charge on any atom is -0.495 e. The first-order valence-corrected chi connectivity index (χ1v) is 12.7. The molecule has 3 aromatic rings. The fraction of sp³-hybridized carbons (Fsp3) is 0.296. The number of hydrogen-bond acceptors (Lipinski definition) is 5. The number of carbonyl (C=O) groups excluding carboxylic acids is 1. The van der Waals surface area contributed by atoms with Crippen LogP contribution in [0, 0.1) is 6.92 Å². The molecule has 8 heteroatoms. The maximum absolute atomic E-state index is 12.8. The van der Waals surface area contributed by atoms with Gasteiger partial charge in [-0.1, -0.05) is 39.0 Å². The first-order chi connectivity index (χ1) is 16.4. The van der Waals surface area contributed by atoms with Crippen molar-refractivity contribution in [2.24, 2.45) is 0 Å². The number of nitrogens with one attached hydrogen (secondary N) is 2. The minimum atomic E-state index is -3.85. The first-order valence-electron chi connectivity index (χ1n) is 11.2. The lowest BCUT2D eigenvalue weighted by atomic mass is 9.87. The van der Waals surface area contributed by atoms with E-state index in [4.69, 9.17) is 9.47 Å². The quantitative estimate of drug-likeness (QED) is 0.429. The van der Waals surface area contributed by atoms with Crippen LogP contribution in [0.25, 0.3) is 0 Å². The van der Waals surface area contributed by atoms with Crippen LogP contribution in [0.4, 0.5) is 11.4 Å². The van der Waals surface area contributed by atoms with Gasteiger partial charge < -0.3 is 14.8 Å². The van der Waals surface area contributed by atoms with Gasteiger partial charge in [0.25, 0.3) is 15.9 Å². The summed E-state index contributed by atoms with van der Waals surface area (Å²) in [4.78, 5) is 12.6. The van der Waals surface area contributed by atoms with Crippen molar-refractivity contribution < 1.29 is 22.7 Å². The summed E-state index contributed by atoms with van der Waals surface area (Å²) in [6, 6.07) is 18.8. The molecule has 1 unspecified atom stereocenters. The topological polar surface area (TPSA) is 93.7 Å². The molecular weight excluding hydrogens is 464 g/mol. The maximum atomic E-state index is 12.8. The zero-order valence-corrected chi connectivity index (χ0v) is 21.7. The van der Waals surface area contributed by atoms with Crippen molar-refractivity contribution in [2.45, 2.75) is 51.0 Å². The Kier molecular flexibility index (Phi) is 7.75. The molecule has 0 saturated carbocycles. The third-order valence-corrected chi connectivity index (χ3v) is 6.82. The van der Waals surface area contributed by atoms with Gasteiger partial charge in [0, 0.05) is 5.69 Å². The fourth-order valence-corrected chi connectivity index (χ4v) is 4.42. The second-order valence-electron chi connectivity index (χ2n) is 9.36. The molecule has 0 aliphatic heterocycles. The van der Waals surface area contributed by atoms with Crippen molar-refractivity contribution >= 4 is 27.3 Å². The number of methoxy groups -OCH3 is 1. The average molecular weight is 497 g/mol. The highest BCUT2D eigenvalue weighted by Crippen LogP contribution is 2.28. The highest BCUT2D eigenvalue weighted by atomic mass is 32.2. The molecule has 0 aliphatic rings. The molecule has 3 rings (SSSR count). The van der Waals surface area contributed by atoms with E-state index in [1.165, 1.54) is 36.9 Å². The van der Waals surface area contributed by atoms with Crippen LogP contribution in [0.15, 0.2) is 71.6 Å². The summed E-state index contributed by atoms with van der Waals surface area (Å²) in [7, 11) is -2.37. The highest BCUT2D eigenvalue weighted by molar-refractivity contribution is 7.92. The van der Waals surface area contributed by atoms with Crippen LogP contribution in [0.2, 0.25) is 0 Å². The van der Waals surface area contributed by atoms with E-state index in [0.717, 1.165) is 5.56 Å². The molecule has 0 spiro atoms. The van der Waals surface area contributed by atoms with Crippen molar-refractivity contribution in [3.05, 3.63) is 77.9 Å². The Hall–Kier alpha value is -3.52. The normalized spacial score (nSPS) is 12.5. The number of aryl methyl sites for hydroxylation is 1. The Morgan fingerprint density at radius 1 is 0.943 bits per heavy atom. The number of sulfonamides is 1. The lowest BCUT2D eigenvalue weighted by Crippen LogP contribution is -2.30. The van der Waals surface area contributed by atoms with E-state index < -0.39 is 16.1 Å². The number of anilines is 2. The van der Waals surface area contributed by atoms with E-state index in [9.17, 15) is 13.2 Å². The van der Waals surface area contributed by atoms with Gasteiger partial charge in [0.15, 0.2) is 6.10 Å². The summed E-state index contributed by atoms with van der Waals surface area (Å²) in [5, 5.41) is 2.75. The smallest absolute Gasteiger partial charge is 0.265 e. The van der Waals surface area contributed by atoms with Crippen molar-refractivity contribution in [1.29, 1.82) is 0 Å². The monoisotopic (exact) mass is 496 g/mol. The number of carbonyl (C=O) groups is 1. The van der Waals surface area contributed by atoms with Crippen molar-refractivity contribution in [2.75, 3.05) is 17.1 Å². The van der Waals surface area contributed by atoms with Gasteiger partial charge in [-0.3, -0.25) is 9.52 Å². The van der Waals surface area contributed by atoms with Gasteiger partial charge in [-0.15, -0.1) is 0 Å². The molecule has 186 valence electrons. The number of rotatable bonds is 8. The van der Waals surface area contributed by atoms with Gasteiger partial charge in [0.2, 0.25) is 0 Å². The van der Waals surface area contributed by atoms with E-state index in [1.807, 2.05) is 37.3 Å². The predicted molar refractivity (Wildman–Crippen MR) is 139 cm³/mol. The van der Waals surface area contributed by atoms with Gasteiger partial charge in [0.05, 0.1) is 17.7 Å². The molecule has 7 nitrogen and oxygen atoms in total. The van der Waals surface area contributed by atoms with Crippen LogP contribution >= 0.6 is 0 Å². The van der Waals surface area contributed by atoms with Crippen LogP contribution < -0.4 is 19.5 Å². The van der Waals surface area contributed by atoms with Gasteiger partial charge in [-0.05, 0) is 78.9 Å². The first kappa shape index (κ1) is 26.1. The molecule has 0 aliphatic carbocycles. The van der Waals surface area contributed by atoms with E-state index >= 15 is 0 Å². The second-order valence-corrected chi connectivity index (χ2v) is 11.0. The Bertz CT molecular complexity index is 1280. The predicted octanol–water partition coefficient (Wildman–Crippen LogP) is 5.51. The zero-order chi connectivity index (χ0) is 25.8. The molecule has 2 N–H and O–H groups in total. The molecule has 0 bridgehead atoms. The standard InChI is InChI=1S/C27H32N2O5S/c1-18-7-16-25(33-6)24(17-18)29-35(31,32)23-14-10-21(11-15-23)28-26(30)19(2)34-22-12-8-20(9-13-22)27(3,4)5/h7-17,19,29H,1-6H3,(H,28,30). The fourth-order valence-electron chi connectivity index (χ4n) is 3.36. The maximum Gasteiger partial charge on any atom is 0.265 e. The molecule has 0 aromatic heterocycles. The number of hydrogen-bond donors (Lipinski definition) is 2. The van der Waals surface area contributed by atoms with Crippen molar-refractivity contribution in [3.8, 4) is 11.5 Å². The highest BCUT2D eigenvalue weighted by Gasteiger charge is 2.19. The van der Waals surface area contributed by atoms with Gasteiger partial charge in [0.1, 0.15) is 11.5 Å². The Morgan fingerprint density at radius 3 is 2.14 bits per heavy atom. The lowest BCUT2D eigenvalue weighted by Gasteiger charge is -2.20. The Labute approximate surface area is 207 Å². The van der Waals surface area contributed by atoms with Gasteiger partial charge in [-0.25, -0.2) is 8.42 Å². The van der Waals surface area contributed by atoms with Crippen LogP contribution in [0.5, 0.6) is 11.5 Å². The largest absolute Gasteiger partial charge is 0.495 e. The third-order valence-electron chi connectivity index (χ3n) is 5.43. The second kappa shape index (κ2) is 10.4. The summed E-state index contributed by atoms with van der Waals surface area (Å²) in [6.45, 7) is 9.91. The molecule has 0 saturated heterocycles. The molecule has 0 fully saturated rings.